The van der Waals surface area contributed by atoms with Gasteiger partial charge in [0.1, 0.15) is 6.04 Å². The van der Waals surface area contributed by atoms with Crippen molar-refractivity contribution in [1.29, 1.82) is 0 Å². The zero-order valence-electron chi connectivity index (χ0n) is 12.1. The van der Waals surface area contributed by atoms with E-state index < -0.39 is 0 Å². The van der Waals surface area contributed by atoms with Gasteiger partial charge in [0.15, 0.2) is 0 Å². The molecule has 1 aliphatic heterocycles. The van der Waals surface area contributed by atoms with Gasteiger partial charge in [-0.1, -0.05) is 6.92 Å². The Morgan fingerprint density at radius 1 is 1.21 bits per heavy atom. The van der Waals surface area contributed by atoms with Crippen LogP contribution in [0.5, 0.6) is 0 Å². The summed E-state index contributed by atoms with van der Waals surface area (Å²) >= 11 is 0. The number of hydrogen-bond donors (Lipinski definition) is 1. The van der Waals surface area contributed by atoms with Gasteiger partial charge in [-0.15, -0.1) is 0 Å². The highest BCUT2D eigenvalue weighted by molar-refractivity contribution is 5.77. The van der Waals surface area contributed by atoms with E-state index in [1.54, 1.807) is 6.92 Å². The number of piperidine rings is 1. The summed E-state index contributed by atoms with van der Waals surface area (Å²) in [5.41, 5.74) is 0. The molecule has 1 rings (SSSR count). The molecule has 1 amide bonds. The smallest absolute Gasteiger partial charge is 0.323 e. The molecule has 0 aromatic rings. The number of likely N-dealkylation sites (tertiary alicyclic amines) is 1. The molecule has 0 aromatic carbocycles. The summed E-state index contributed by atoms with van der Waals surface area (Å²) in [6, 6.07) is -0.297. The molecule has 110 valence electrons. The molecule has 1 atom stereocenters. The number of nitrogens with zero attached hydrogens (tertiary/aromatic N) is 1. The summed E-state index contributed by atoms with van der Waals surface area (Å²) in [4.78, 5) is 25.4. The van der Waals surface area contributed by atoms with E-state index >= 15 is 0 Å². The fourth-order valence-electron chi connectivity index (χ4n) is 2.29. The molecule has 1 heterocycles. The molecule has 19 heavy (non-hydrogen) atoms. The summed E-state index contributed by atoms with van der Waals surface area (Å²) in [5.74, 6) is -0.0404. The molecule has 1 N–H and O–H groups in total. The normalized spacial score (nSPS) is 17.1. The first-order chi connectivity index (χ1) is 9.19. The number of amides is 1. The van der Waals surface area contributed by atoms with E-state index in [0.717, 1.165) is 25.9 Å². The Morgan fingerprint density at radius 2 is 1.89 bits per heavy atom. The third-order valence-corrected chi connectivity index (χ3v) is 3.42. The molecule has 5 nitrogen and oxygen atoms in total. The fraction of sp³-hybridized carbons (Fsp3) is 0.857. The summed E-state index contributed by atoms with van der Waals surface area (Å²) < 4.78 is 4.97. The third kappa shape index (κ3) is 5.59. The summed E-state index contributed by atoms with van der Waals surface area (Å²) in [7, 11) is 0. The first-order valence-corrected chi connectivity index (χ1v) is 7.36. The van der Waals surface area contributed by atoms with Gasteiger partial charge in [-0.25, -0.2) is 0 Å². The number of rotatable bonds is 7. The first-order valence-electron chi connectivity index (χ1n) is 7.36. The van der Waals surface area contributed by atoms with Crippen molar-refractivity contribution in [2.45, 2.75) is 52.0 Å². The van der Waals surface area contributed by atoms with Gasteiger partial charge in [-0.3, -0.25) is 9.59 Å². The molecular weight excluding hydrogens is 244 g/mol. The largest absolute Gasteiger partial charge is 0.465 e. The maximum atomic E-state index is 11.9. The summed E-state index contributed by atoms with van der Waals surface area (Å²) in [6.45, 7) is 6.42. The van der Waals surface area contributed by atoms with Crippen molar-refractivity contribution < 1.29 is 14.3 Å². The molecule has 0 spiro atoms. The topological polar surface area (TPSA) is 58.6 Å². The van der Waals surface area contributed by atoms with Crippen LogP contribution in [0.25, 0.3) is 0 Å². The van der Waals surface area contributed by atoms with Crippen LogP contribution in [0.15, 0.2) is 0 Å². The van der Waals surface area contributed by atoms with Crippen LogP contribution in [-0.4, -0.2) is 49.1 Å². The van der Waals surface area contributed by atoms with E-state index in [2.05, 4.69) is 5.32 Å². The van der Waals surface area contributed by atoms with Crippen LogP contribution in [0, 0.1) is 0 Å². The zero-order valence-corrected chi connectivity index (χ0v) is 12.1. The zero-order chi connectivity index (χ0) is 14.1. The van der Waals surface area contributed by atoms with E-state index in [4.69, 9.17) is 4.74 Å². The first kappa shape index (κ1) is 16.0. The highest BCUT2D eigenvalue weighted by Gasteiger charge is 2.19. The average molecular weight is 270 g/mol. The van der Waals surface area contributed by atoms with E-state index in [1.165, 1.54) is 6.42 Å². The van der Waals surface area contributed by atoms with E-state index in [-0.39, 0.29) is 17.9 Å². The molecule has 0 saturated carbocycles. The number of carbonyl (C=O) groups excluding carboxylic acids is 2. The van der Waals surface area contributed by atoms with Gasteiger partial charge in [0.05, 0.1) is 6.61 Å². The van der Waals surface area contributed by atoms with Crippen LogP contribution >= 0.6 is 0 Å². The monoisotopic (exact) mass is 270 g/mol. The predicted octanol–water partition coefficient (Wildman–Crippen LogP) is 1.32. The van der Waals surface area contributed by atoms with Gasteiger partial charge in [0, 0.05) is 26.1 Å². The Bertz CT molecular complexity index is 288. The van der Waals surface area contributed by atoms with Crippen LogP contribution in [0.3, 0.4) is 0 Å². The second-order valence-corrected chi connectivity index (χ2v) is 4.86. The van der Waals surface area contributed by atoms with E-state index in [9.17, 15) is 9.59 Å². The Hall–Kier alpha value is -1.10. The van der Waals surface area contributed by atoms with Gasteiger partial charge < -0.3 is 15.0 Å². The van der Waals surface area contributed by atoms with Crippen molar-refractivity contribution in [3.8, 4) is 0 Å². The molecule has 0 bridgehead atoms. The lowest BCUT2D eigenvalue weighted by molar-refractivity contribution is -0.146. The van der Waals surface area contributed by atoms with Crippen LogP contribution in [0.4, 0.5) is 0 Å². The molecule has 0 aliphatic carbocycles. The van der Waals surface area contributed by atoms with Crippen LogP contribution in [0.2, 0.25) is 0 Å². The maximum Gasteiger partial charge on any atom is 0.323 e. The lowest BCUT2D eigenvalue weighted by atomic mass is 10.1. The molecule has 1 aliphatic rings. The Balaban J connectivity index is 2.23. The van der Waals surface area contributed by atoms with Crippen molar-refractivity contribution in [1.82, 2.24) is 10.2 Å². The SMILES string of the molecule is CCOC(=O)C(CC)NCCC(=O)N1CCCCC1. The highest BCUT2D eigenvalue weighted by Crippen LogP contribution is 2.09. The van der Waals surface area contributed by atoms with Crippen LogP contribution in [0.1, 0.15) is 46.0 Å². The fourth-order valence-corrected chi connectivity index (χ4v) is 2.29. The molecule has 1 unspecified atom stereocenters. The van der Waals surface area contributed by atoms with Crippen molar-refractivity contribution in [3.63, 3.8) is 0 Å². The quantitative estimate of drug-likeness (QED) is 0.709. The van der Waals surface area contributed by atoms with Gasteiger partial charge >= 0.3 is 5.97 Å². The van der Waals surface area contributed by atoms with Crippen molar-refractivity contribution in [2.75, 3.05) is 26.2 Å². The maximum absolute atomic E-state index is 11.9. The Morgan fingerprint density at radius 3 is 2.47 bits per heavy atom. The average Bonchev–Trinajstić information content (AvgIpc) is 2.44. The van der Waals surface area contributed by atoms with Crippen LogP contribution < -0.4 is 5.32 Å². The van der Waals surface area contributed by atoms with Gasteiger partial charge in [0.2, 0.25) is 5.91 Å². The second-order valence-electron chi connectivity index (χ2n) is 4.86. The van der Waals surface area contributed by atoms with Gasteiger partial charge in [0.25, 0.3) is 0 Å². The van der Waals surface area contributed by atoms with Gasteiger partial charge in [-0.2, -0.15) is 0 Å². The number of carbonyl (C=O) groups is 2. The molecule has 1 fully saturated rings. The molecular formula is C14H26N2O3. The van der Waals surface area contributed by atoms with Crippen molar-refractivity contribution >= 4 is 11.9 Å². The number of esters is 1. The Kier molecular flexibility index (Phi) is 7.48. The Labute approximate surface area is 115 Å². The van der Waals surface area contributed by atoms with Crippen molar-refractivity contribution in [2.24, 2.45) is 0 Å². The molecule has 0 radical (unpaired) electrons. The minimum atomic E-state index is -0.297. The van der Waals surface area contributed by atoms with Crippen molar-refractivity contribution in [3.05, 3.63) is 0 Å². The van der Waals surface area contributed by atoms with Gasteiger partial charge in [-0.05, 0) is 32.6 Å². The molecule has 0 aromatic heterocycles. The summed E-state index contributed by atoms with van der Waals surface area (Å²) in [6.07, 6.45) is 4.58. The third-order valence-electron chi connectivity index (χ3n) is 3.42. The molecule has 1 saturated heterocycles. The summed E-state index contributed by atoms with van der Waals surface area (Å²) in [5, 5.41) is 3.10. The second kappa shape index (κ2) is 8.91. The van der Waals surface area contributed by atoms with Crippen LogP contribution in [-0.2, 0) is 14.3 Å². The lowest BCUT2D eigenvalue weighted by Crippen LogP contribution is -2.41. The minimum absolute atomic E-state index is 0.186. The number of ether oxygens (including phenoxy) is 1. The van der Waals surface area contributed by atoms with E-state index in [1.807, 2.05) is 11.8 Å². The standard InChI is InChI=1S/C14H26N2O3/c1-3-12(14(18)19-4-2)15-9-8-13(17)16-10-6-5-7-11-16/h12,15H,3-11H2,1-2H3. The highest BCUT2D eigenvalue weighted by atomic mass is 16.5. The van der Waals surface area contributed by atoms with E-state index in [0.29, 0.717) is 26.0 Å². The minimum Gasteiger partial charge on any atom is -0.465 e. The number of nitrogens with one attached hydrogen (secondary N) is 1. The molecule has 5 heteroatoms. The number of hydrogen-bond acceptors (Lipinski definition) is 4. The predicted molar refractivity (Wildman–Crippen MR) is 73.8 cm³/mol. The lowest BCUT2D eigenvalue weighted by Gasteiger charge is -2.27.